The summed E-state index contributed by atoms with van der Waals surface area (Å²) in [6.45, 7) is 12.8. The first-order valence-corrected chi connectivity index (χ1v) is 8.55. The van der Waals surface area contributed by atoms with Crippen molar-refractivity contribution in [2.75, 3.05) is 6.54 Å². The van der Waals surface area contributed by atoms with Crippen molar-refractivity contribution in [1.29, 1.82) is 0 Å². The minimum atomic E-state index is -0.460. The minimum absolute atomic E-state index is 0. The Morgan fingerprint density at radius 1 is 1.30 bits per heavy atom. The molecule has 0 radical (unpaired) electrons. The molecule has 0 spiro atoms. The molecule has 0 saturated carbocycles. The maximum absolute atomic E-state index is 12.5. The van der Waals surface area contributed by atoms with E-state index in [0.29, 0.717) is 6.54 Å². The molecule has 0 aliphatic heterocycles. The fourth-order valence-corrected chi connectivity index (χ4v) is 3.25. The number of hydrogen-bond donors (Lipinski definition) is 2. The van der Waals surface area contributed by atoms with Crippen LogP contribution in [0, 0.1) is 5.41 Å². The molecule has 1 aromatic rings. The SMILES string of the molecule is CCC(CC)(CN)C(=O)NC(C)c1nc(C(C)(C)C)cs1.Cl.Cl. The Labute approximate surface area is 156 Å². The number of nitrogens with two attached hydrogens (primary N) is 1. The van der Waals surface area contributed by atoms with Crippen molar-refractivity contribution >= 4 is 42.1 Å². The molecule has 3 N–H and O–H groups in total. The summed E-state index contributed by atoms with van der Waals surface area (Å²) in [6, 6.07) is -0.0809. The monoisotopic (exact) mass is 383 g/mol. The van der Waals surface area contributed by atoms with E-state index >= 15 is 0 Å². The highest BCUT2D eigenvalue weighted by Crippen LogP contribution is 2.29. The quantitative estimate of drug-likeness (QED) is 0.771. The molecule has 0 saturated heterocycles. The Hall–Kier alpha value is -0.360. The molecule has 7 heteroatoms. The number of thiazole rings is 1. The minimum Gasteiger partial charge on any atom is -0.347 e. The zero-order valence-electron chi connectivity index (χ0n) is 14.9. The number of nitrogens with zero attached hydrogens (tertiary/aromatic N) is 1. The molecule has 1 rings (SSSR count). The largest absolute Gasteiger partial charge is 0.347 e. The third-order valence-electron chi connectivity index (χ3n) is 4.23. The van der Waals surface area contributed by atoms with Crippen LogP contribution in [-0.4, -0.2) is 17.4 Å². The van der Waals surface area contributed by atoms with Gasteiger partial charge in [0.1, 0.15) is 5.01 Å². The van der Waals surface area contributed by atoms with E-state index in [0.717, 1.165) is 23.5 Å². The van der Waals surface area contributed by atoms with E-state index in [9.17, 15) is 4.79 Å². The molecule has 1 amide bonds. The van der Waals surface area contributed by atoms with Gasteiger partial charge in [-0.05, 0) is 19.8 Å². The van der Waals surface area contributed by atoms with Gasteiger partial charge in [-0.2, -0.15) is 0 Å². The average Bonchev–Trinajstić information content (AvgIpc) is 2.91. The molecule has 4 nitrogen and oxygen atoms in total. The molecule has 0 aliphatic carbocycles. The summed E-state index contributed by atoms with van der Waals surface area (Å²) in [5.41, 5.74) is 6.47. The summed E-state index contributed by atoms with van der Waals surface area (Å²) in [5, 5.41) is 6.11. The van der Waals surface area contributed by atoms with Crippen molar-refractivity contribution in [2.24, 2.45) is 11.1 Å². The number of carbonyl (C=O) groups excluding carboxylic acids is 1. The predicted molar refractivity (Wildman–Crippen MR) is 104 cm³/mol. The number of rotatable bonds is 6. The molecule has 0 fully saturated rings. The van der Waals surface area contributed by atoms with E-state index < -0.39 is 5.41 Å². The van der Waals surface area contributed by atoms with Gasteiger partial charge in [-0.3, -0.25) is 4.79 Å². The zero-order valence-corrected chi connectivity index (χ0v) is 17.4. The van der Waals surface area contributed by atoms with Crippen LogP contribution in [0.3, 0.4) is 0 Å². The van der Waals surface area contributed by atoms with Gasteiger partial charge in [0.25, 0.3) is 0 Å². The Morgan fingerprint density at radius 3 is 2.17 bits per heavy atom. The van der Waals surface area contributed by atoms with Gasteiger partial charge in [0, 0.05) is 17.3 Å². The van der Waals surface area contributed by atoms with Crippen molar-refractivity contribution in [3.63, 3.8) is 0 Å². The van der Waals surface area contributed by atoms with Crippen LogP contribution in [0.25, 0.3) is 0 Å². The van der Waals surface area contributed by atoms with Crippen LogP contribution < -0.4 is 11.1 Å². The van der Waals surface area contributed by atoms with Crippen molar-refractivity contribution < 1.29 is 4.79 Å². The van der Waals surface area contributed by atoms with Gasteiger partial charge in [0.2, 0.25) is 5.91 Å². The number of nitrogens with one attached hydrogen (secondary N) is 1. The lowest BCUT2D eigenvalue weighted by Crippen LogP contribution is -2.46. The van der Waals surface area contributed by atoms with Crippen molar-refractivity contribution in [3.8, 4) is 0 Å². The Bertz CT molecular complexity index is 474. The van der Waals surface area contributed by atoms with Crippen molar-refractivity contribution in [3.05, 3.63) is 16.1 Å². The molecule has 1 aromatic heterocycles. The van der Waals surface area contributed by atoms with Gasteiger partial charge in [-0.25, -0.2) is 4.98 Å². The molecule has 0 aliphatic rings. The molecule has 1 atom stereocenters. The molecule has 0 aromatic carbocycles. The lowest BCUT2D eigenvalue weighted by atomic mass is 9.81. The summed E-state index contributed by atoms with van der Waals surface area (Å²) in [6.07, 6.45) is 1.51. The van der Waals surface area contributed by atoms with Crippen LogP contribution in [0.2, 0.25) is 0 Å². The first-order valence-electron chi connectivity index (χ1n) is 7.67. The highest BCUT2D eigenvalue weighted by Gasteiger charge is 2.34. The maximum Gasteiger partial charge on any atom is 0.228 e. The van der Waals surface area contributed by atoms with Crippen LogP contribution in [0.5, 0.6) is 0 Å². The fraction of sp³-hybridized carbons (Fsp3) is 0.750. The molecule has 1 heterocycles. The van der Waals surface area contributed by atoms with Crippen molar-refractivity contribution in [2.45, 2.75) is 65.8 Å². The first-order chi connectivity index (χ1) is 9.70. The summed E-state index contributed by atoms with van der Waals surface area (Å²) < 4.78 is 0. The van der Waals surface area contributed by atoms with Gasteiger partial charge < -0.3 is 11.1 Å². The molecule has 23 heavy (non-hydrogen) atoms. The molecular formula is C16H31Cl2N3OS. The Morgan fingerprint density at radius 2 is 1.83 bits per heavy atom. The van der Waals surface area contributed by atoms with E-state index in [1.807, 2.05) is 20.8 Å². The zero-order chi connectivity index (χ0) is 16.3. The van der Waals surface area contributed by atoms with E-state index in [1.54, 1.807) is 11.3 Å². The van der Waals surface area contributed by atoms with Crippen LogP contribution in [0.4, 0.5) is 0 Å². The van der Waals surface area contributed by atoms with Gasteiger partial charge in [0.15, 0.2) is 0 Å². The second kappa shape index (κ2) is 9.82. The second-order valence-corrected chi connectivity index (χ2v) is 7.60. The average molecular weight is 384 g/mol. The molecule has 136 valence electrons. The lowest BCUT2D eigenvalue weighted by Gasteiger charge is -2.29. The van der Waals surface area contributed by atoms with E-state index in [1.165, 1.54) is 0 Å². The van der Waals surface area contributed by atoms with Crippen molar-refractivity contribution in [1.82, 2.24) is 10.3 Å². The van der Waals surface area contributed by atoms with Crippen LogP contribution in [0.15, 0.2) is 5.38 Å². The first kappa shape index (κ1) is 24.9. The van der Waals surface area contributed by atoms with Gasteiger partial charge >= 0.3 is 0 Å². The topological polar surface area (TPSA) is 68.0 Å². The number of carbonyl (C=O) groups is 1. The van der Waals surface area contributed by atoms with E-state index in [2.05, 4.69) is 36.5 Å². The fourth-order valence-electron chi connectivity index (χ4n) is 2.19. The van der Waals surface area contributed by atoms with Crippen LogP contribution in [-0.2, 0) is 10.2 Å². The number of aromatic nitrogens is 1. The Kier molecular flexibility index (Phi) is 10.6. The highest BCUT2D eigenvalue weighted by atomic mass is 35.5. The maximum atomic E-state index is 12.5. The normalized spacial score (nSPS) is 12.8. The number of amides is 1. The highest BCUT2D eigenvalue weighted by molar-refractivity contribution is 7.09. The summed E-state index contributed by atoms with van der Waals surface area (Å²) in [5.74, 6) is 0.0370. The second-order valence-electron chi connectivity index (χ2n) is 6.71. The molecule has 0 bridgehead atoms. The Balaban J connectivity index is 0. The predicted octanol–water partition coefficient (Wildman–Crippen LogP) is 4.23. The van der Waals surface area contributed by atoms with Gasteiger partial charge in [-0.1, -0.05) is 34.6 Å². The number of halogens is 2. The van der Waals surface area contributed by atoms with Gasteiger partial charge in [-0.15, -0.1) is 36.2 Å². The third-order valence-corrected chi connectivity index (χ3v) is 5.26. The van der Waals surface area contributed by atoms with Crippen LogP contribution >= 0.6 is 36.2 Å². The van der Waals surface area contributed by atoms with E-state index in [4.69, 9.17) is 5.73 Å². The summed E-state index contributed by atoms with van der Waals surface area (Å²) in [4.78, 5) is 17.2. The molecule has 1 unspecified atom stereocenters. The number of hydrogen-bond acceptors (Lipinski definition) is 4. The van der Waals surface area contributed by atoms with Crippen LogP contribution in [0.1, 0.15) is 71.1 Å². The lowest BCUT2D eigenvalue weighted by molar-refractivity contribution is -0.131. The summed E-state index contributed by atoms with van der Waals surface area (Å²) >= 11 is 1.60. The summed E-state index contributed by atoms with van der Waals surface area (Å²) in [7, 11) is 0. The third kappa shape index (κ3) is 5.89. The standard InChI is InChI=1S/C16H29N3OS.2ClH/c1-7-16(8-2,10-17)14(20)18-11(3)13-19-12(9-21-13)15(4,5)6;;/h9,11H,7-8,10,17H2,1-6H3,(H,18,20);2*1H. The van der Waals surface area contributed by atoms with Gasteiger partial charge in [0.05, 0.1) is 17.2 Å². The van der Waals surface area contributed by atoms with E-state index in [-0.39, 0.29) is 42.2 Å². The molecular weight excluding hydrogens is 353 g/mol. The smallest absolute Gasteiger partial charge is 0.228 e.